The van der Waals surface area contributed by atoms with Crippen LogP contribution in [0.25, 0.3) is 5.57 Å². The molecule has 8 nitrogen and oxygen atoms in total. The van der Waals surface area contributed by atoms with Gasteiger partial charge in [-0.3, -0.25) is 9.59 Å². The van der Waals surface area contributed by atoms with E-state index in [4.69, 9.17) is 18.9 Å². The Kier molecular flexibility index (Phi) is 18.7. The van der Waals surface area contributed by atoms with Crippen LogP contribution in [-0.4, -0.2) is 98.0 Å². The molecule has 0 fully saturated rings. The molecule has 4 rings (SSSR count). The number of fused-ring (bicyclic) bond motifs is 2. The van der Waals surface area contributed by atoms with E-state index in [1.807, 2.05) is 13.8 Å². The number of rotatable bonds is 20. The van der Waals surface area contributed by atoms with Gasteiger partial charge in [-0.1, -0.05) is 59.4 Å². The van der Waals surface area contributed by atoms with E-state index in [0.29, 0.717) is 62.5 Å². The van der Waals surface area contributed by atoms with E-state index in [-0.39, 0.29) is 38.3 Å². The molecule has 304 valence electrons. The summed E-state index contributed by atoms with van der Waals surface area (Å²) in [6.07, 6.45) is 2.25. The average Bonchev–Trinajstić information content (AvgIpc) is 3.63. The molecule has 1 aromatic heterocycles. The number of ether oxygens (including phenoxy) is 4. The standard InChI is InChI=1S/C45H61BN2O6S.CH4/c1-32(2)27-40(45(50)33(3)4)30-55-31-41(49)18-15-38-13-16-39(17-14-38)42-43-34(5)28-36(7)47(43)46(19-11-21-53-25-23-51-9,20-12-22-54-26-24-52-10)48-37(8)29-35(6)44(42)48;/h13-14,16-17,28-29,32-33,40H,15,18,21-27,30-31H2,1-10H3;1H4/t40-;/m0./s1. The third-order valence-corrected chi connectivity index (χ3v) is 11.3. The highest BCUT2D eigenvalue weighted by atomic mass is 32.2. The van der Waals surface area contributed by atoms with Gasteiger partial charge in [-0.25, -0.2) is 0 Å². The van der Waals surface area contributed by atoms with E-state index in [9.17, 15) is 9.59 Å². The Morgan fingerprint density at radius 3 is 2.05 bits per heavy atom. The average molecular weight is 785 g/mol. The van der Waals surface area contributed by atoms with Crippen molar-refractivity contribution in [1.29, 1.82) is 0 Å². The molecule has 10 heteroatoms. The molecular weight excluding hydrogens is 719 g/mol. The van der Waals surface area contributed by atoms with Crippen molar-refractivity contribution >= 4 is 41.0 Å². The maximum Gasteiger partial charge on any atom is 0.520 e. The van der Waals surface area contributed by atoms with E-state index >= 15 is 0 Å². The summed E-state index contributed by atoms with van der Waals surface area (Å²) in [4.78, 5) is 25.7. The number of hydrogen-bond acceptors (Lipinski definition) is 7. The quantitative estimate of drug-likeness (QED) is 0.0772. The lowest BCUT2D eigenvalue weighted by Gasteiger charge is -2.39. The Hall–Kier alpha value is -3.64. The lowest BCUT2D eigenvalue weighted by Crippen LogP contribution is -2.57. The minimum atomic E-state index is -1.99. The molecule has 0 N–H and O–H groups in total. The van der Waals surface area contributed by atoms with Crippen molar-refractivity contribution in [1.82, 2.24) is 4.48 Å². The number of nitrogens with zero attached hydrogens (tertiary/aromatic N) is 2. The Balaban J connectivity index is 0.00000841. The van der Waals surface area contributed by atoms with Gasteiger partial charge >= 0.3 is 6.42 Å². The van der Waals surface area contributed by atoms with Crippen LogP contribution in [0.4, 0.5) is 0 Å². The molecule has 1 atom stereocenters. The largest absolute Gasteiger partial charge is 0.520 e. The number of ketones is 2. The van der Waals surface area contributed by atoms with Crippen molar-refractivity contribution in [3.63, 3.8) is 0 Å². The molecule has 2 aromatic rings. The highest BCUT2D eigenvalue weighted by molar-refractivity contribution is 7.99. The van der Waals surface area contributed by atoms with Gasteiger partial charge < -0.3 is 27.9 Å². The molecule has 0 spiro atoms. The second kappa shape index (κ2) is 22.3. The summed E-state index contributed by atoms with van der Waals surface area (Å²) in [7, 11) is 3.31. The van der Waals surface area contributed by atoms with Gasteiger partial charge in [-0.2, -0.15) is 23.4 Å². The highest BCUT2D eigenvalue weighted by Crippen LogP contribution is 2.43. The van der Waals surface area contributed by atoms with E-state index in [1.54, 1.807) is 26.0 Å². The molecular formula is C46H65BN2O6S. The van der Waals surface area contributed by atoms with Gasteiger partial charge in [-0.05, 0) is 68.0 Å². The number of Topliss-reactive ketones (excluding diaryl/α,β-unsaturated/α-hetero) is 2. The topological polar surface area (TPSA) is 79.0 Å². The monoisotopic (exact) mass is 784 g/mol. The van der Waals surface area contributed by atoms with Crippen molar-refractivity contribution in [2.45, 2.75) is 82.1 Å². The Morgan fingerprint density at radius 1 is 0.893 bits per heavy atom. The maximum atomic E-state index is 13.0. The zero-order chi connectivity index (χ0) is 40.1. The third-order valence-electron chi connectivity index (χ3n) is 10.1. The Bertz CT molecular complexity index is 1870. The van der Waals surface area contributed by atoms with E-state index in [1.165, 1.54) is 0 Å². The van der Waals surface area contributed by atoms with Crippen LogP contribution in [0.1, 0.15) is 89.9 Å². The number of aryl methyl sites for hydroxylation is 3. The van der Waals surface area contributed by atoms with Gasteiger partial charge in [0.2, 0.25) is 0 Å². The molecule has 0 bridgehead atoms. The first-order valence-corrected chi connectivity index (χ1v) is 20.8. The molecule has 0 unspecified atom stereocenters. The number of benzene rings is 1. The smallest absolute Gasteiger partial charge is 0.435 e. The SMILES string of the molecule is C.COCCOCC#C[B-]1(C#CCOCCOC)n2c(C)cc(C)c2C(c2ccc(CCC(=O)CSC[C@H](CC(C)C)C(=O)C(C)C)cc2)=C2C(C)=CC(C)=[N+]21. The van der Waals surface area contributed by atoms with Crippen LogP contribution in [0.5, 0.6) is 0 Å². The van der Waals surface area contributed by atoms with E-state index < -0.39 is 6.42 Å². The number of thioether (sulfide) groups is 1. The van der Waals surface area contributed by atoms with Crippen LogP contribution < -0.4 is 0 Å². The number of methoxy groups -OCH3 is 2. The molecule has 0 amide bonds. The lowest BCUT2D eigenvalue weighted by atomic mass is 9.45. The molecule has 0 saturated carbocycles. The van der Waals surface area contributed by atoms with Crippen LogP contribution in [0, 0.1) is 55.1 Å². The highest BCUT2D eigenvalue weighted by Gasteiger charge is 2.50. The number of carbonyl (C=O) groups excluding carboxylic acids is 2. The third kappa shape index (κ3) is 11.5. The predicted molar refractivity (Wildman–Crippen MR) is 233 cm³/mol. The summed E-state index contributed by atoms with van der Waals surface area (Å²) in [6.45, 7) is 19.3. The predicted octanol–water partition coefficient (Wildman–Crippen LogP) is 7.77. The first-order valence-electron chi connectivity index (χ1n) is 19.6. The minimum absolute atomic E-state index is 0. The second-order valence-electron chi connectivity index (χ2n) is 15.4. The number of carbonyl (C=O) groups is 2. The molecule has 1 aromatic carbocycles. The van der Waals surface area contributed by atoms with Crippen molar-refractivity contribution in [3.8, 4) is 23.5 Å². The summed E-state index contributed by atoms with van der Waals surface area (Å²) >= 11 is 1.60. The summed E-state index contributed by atoms with van der Waals surface area (Å²) in [5.41, 5.74) is 9.99. The molecule has 2 aliphatic heterocycles. The van der Waals surface area contributed by atoms with Crippen LogP contribution >= 0.6 is 11.8 Å². The molecule has 3 heterocycles. The van der Waals surface area contributed by atoms with E-state index in [0.717, 1.165) is 57.1 Å². The molecule has 0 saturated heterocycles. The fourth-order valence-corrected chi connectivity index (χ4v) is 8.82. The van der Waals surface area contributed by atoms with Crippen LogP contribution in [0.2, 0.25) is 0 Å². The Labute approximate surface area is 341 Å². The summed E-state index contributed by atoms with van der Waals surface area (Å²) in [5.74, 6) is 16.1. The molecule has 2 aliphatic rings. The fraction of sp³-hybridized carbons (Fsp3) is 0.543. The van der Waals surface area contributed by atoms with Gasteiger partial charge in [0.25, 0.3) is 0 Å². The summed E-state index contributed by atoms with van der Waals surface area (Å²) < 4.78 is 26.6. The first kappa shape index (κ1) is 46.7. The van der Waals surface area contributed by atoms with Crippen LogP contribution in [0.15, 0.2) is 47.7 Å². The summed E-state index contributed by atoms with van der Waals surface area (Å²) in [5, 5.41) is 0. The van der Waals surface area contributed by atoms with Gasteiger partial charge in [0.1, 0.15) is 30.5 Å². The lowest BCUT2D eigenvalue weighted by molar-refractivity contribution is -0.329. The zero-order valence-electron chi connectivity index (χ0n) is 34.8. The number of hydrogen-bond donors (Lipinski definition) is 0. The van der Waals surface area contributed by atoms with Crippen molar-refractivity contribution in [2.24, 2.45) is 17.8 Å². The van der Waals surface area contributed by atoms with Crippen LogP contribution in [-0.2, 0) is 35.0 Å². The minimum Gasteiger partial charge on any atom is -0.435 e. The molecule has 0 radical (unpaired) electrons. The number of allylic oxidation sites excluding steroid dienone is 2. The van der Waals surface area contributed by atoms with Gasteiger partial charge in [0.15, 0.2) is 5.70 Å². The summed E-state index contributed by atoms with van der Waals surface area (Å²) in [6, 6.07) is 10.9. The molecule has 56 heavy (non-hydrogen) atoms. The van der Waals surface area contributed by atoms with Gasteiger partial charge in [0.05, 0.1) is 37.8 Å². The number of aromatic nitrogens is 1. The Morgan fingerprint density at radius 2 is 1.50 bits per heavy atom. The van der Waals surface area contributed by atoms with Crippen molar-refractivity contribution < 1.29 is 33.0 Å². The second-order valence-corrected chi connectivity index (χ2v) is 16.4. The van der Waals surface area contributed by atoms with Gasteiger partial charge in [0, 0.05) is 62.5 Å². The normalized spacial score (nSPS) is 14.8. The van der Waals surface area contributed by atoms with E-state index in [2.05, 4.69) is 110 Å². The van der Waals surface area contributed by atoms with Crippen molar-refractivity contribution in [3.05, 3.63) is 75.8 Å². The maximum absolute atomic E-state index is 13.0. The van der Waals surface area contributed by atoms with Crippen LogP contribution in [0.3, 0.4) is 0 Å². The zero-order valence-corrected chi connectivity index (χ0v) is 35.6. The first-order chi connectivity index (χ1) is 26.4. The molecule has 0 aliphatic carbocycles. The van der Waals surface area contributed by atoms with Crippen molar-refractivity contribution in [2.75, 3.05) is 65.4 Å². The van der Waals surface area contributed by atoms with Gasteiger partial charge in [-0.15, -0.1) is 11.8 Å². The fourth-order valence-electron chi connectivity index (χ4n) is 7.74.